The van der Waals surface area contributed by atoms with E-state index in [4.69, 9.17) is 9.84 Å². The number of aliphatic hydroxyl groups is 1. The summed E-state index contributed by atoms with van der Waals surface area (Å²) in [5, 5.41) is 9.09. The Hall–Kier alpha value is -0.0800. The third-order valence-corrected chi connectivity index (χ3v) is 2.63. The van der Waals surface area contributed by atoms with Gasteiger partial charge in [-0.2, -0.15) is 0 Å². The molecule has 0 fully saturated rings. The van der Waals surface area contributed by atoms with E-state index in [9.17, 15) is 0 Å². The first-order chi connectivity index (χ1) is 7.16. The molecular weight excluding hydrogens is 188 g/mol. The molecule has 0 amide bonds. The predicted molar refractivity (Wildman–Crippen MR) is 65.1 cm³/mol. The van der Waals surface area contributed by atoms with E-state index in [1.165, 1.54) is 25.7 Å². The molecule has 0 saturated carbocycles. The molecule has 0 saturated heterocycles. The zero-order valence-corrected chi connectivity index (χ0v) is 10.7. The van der Waals surface area contributed by atoms with E-state index in [1.54, 1.807) is 0 Å². The Kier molecular flexibility index (Phi) is 10.4. The van der Waals surface area contributed by atoms with Crippen molar-refractivity contribution in [3.63, 3.8) is 0 Å². The molecule has 0 aromatic rings. The van der Waals surface area contributed by atoms with Crippen molar-refractivity contribution in [2.75, 3.05) is 6.61 Å². The molecule has 2 nitrogen and oxygen atoms in total. The minimum absolute atomic E-state index is 0.147. The van der Waals surface area contributed by atoms with Gasteiger partial charge in [-0.1, -0.05) is 32.6 Å². The van der Waals surface area contributed by atoms with Crippen LogP contribution in [-0.4, -0.2) is 23.9 Å². The maximum atomic E-state index is 9.09. The van der Waals surface area contributed by atoms with Crippen LogP contribution in [0.2, 0.25) is 0 Å². The molecular formula is C13H28O2. The summed E-state index contributed by atoms with van der Waals surface area (Å²) in [6.07, 6.45) is 8.28. The summed E-state index contributed by atoms with van der Waals surface area (Å²) < 4.78 is 5.69. The second kappa shape index (κ2) is 10.4. The molecule has 0 bridgehead atoms. The highest BCUT2D eigenvalue weighted by Gasteiger charge is 2.02. The number of hydrogen-bond donors (Lipinski definition) is 1. The Morgan fingerprint density at radius 3 is 2.27 bits per heavy atom. The highest BCUT2D eigenvalue weighted by molar-refractivity contribution is 4.54. The summed E-state index contributed by atoms with van der Waals surface area (Å²) in [5.41, 5.74) is 0. The van der Waals surface area contributed by atoms with E-state index in [0.717, 1.165) is 25.9 Å². The monoisotopic (exact) mass is 216 g/mol. The van der Waals surface area contributed by atoms with Gasteiger partial charge in [0.05, 0.1) is 12.2 Å². The van der Waals surface area contributed by atoms with Gasteiger partial charge < -0.3 is 9.84 Å². The van der Waals surface area contributed by atoms with Gasteiger partial charge in [-0.3, -0.25) is 0 Å². The van der Waals surface area contributed by atoms with Crippen molar-refractivity contribution in [2.24, 2.45) is 0 Å². The van der Waals surface area contributed by atoms with Crippen molar-refractivity contribution in [3.8, 4) is 0 Å². The molecule has 0 aromatic carbocycles. The lowest BCUT2D eigenvalue weighted by atomic mass is 10.1. The van der Waals surface area contributed by atoms with E-state index in [2.05, 4.69) is 13.8 Å². The van der Waals surface area contributed by atoms with Gasteiger partial charge in [0.15, 0.2) is 0 Å². The normalized spacial score (nSPS) is 15.2. The molecule has 1 N–H and O–H groups in total. The van der Waals surface area contributed by atoms with Crippen LogP contribution in [0.15, 0.2) is 0 Å². The number of ether oxygens (including phenoxy) is 1. The fourth-order valence-corrected chi connectivity index (χ4v) is 1.59. The third-order valence-electron chi connectivity index (χ3n) is 2.63. The van der Waals surface area contributed by atoms with Gasteiger partial charge in [0.25, 0.3) is 0 Å². The van der Waals surface area contributed by atoms with Crippen LogP contribution >= 0.6 is 0 Å². The minimum atomic E-state index is -0.147. The SMILES string of the molecule is CCCCCOC(C)CCCCC(C)O. The van der Waals surface area contributed by atoms with E-state index in [1.807, 2.05) is 6.92 Å². The molecule has 2 unspecified atom stereocenters. The Balaban J connectivity index is 3.15. The van der Waals surface area contributed by atoms with Crippen LogP contribution in [-0.2, 0) is 4.74 Å². The average Bonchev–Trinajstić information content (AvgIpc) is 2.19. The quantitative estimate of drug-likeness (QED) is 0.566. The first-order valence-corrected chi connectivity index (χ1v) is 6.46. The summed E-state index contributed by atoms with van der Waals surface area (Å²) >= 11 is 0. The van der Waals surface area contributed by atoms with Gasteiger partial charge in [-0.25, -0.2) is 0 Å². The van der Waals surface area contributed by atoms with Gasteiger partial charge in [0.2, 0.25) is 0 Å². The first-order valence-electron chi connectivity index (χ1n) is 6.46. The van der Waals surface area contributed by atoms with Gasteiger partial charge in [-0.05, 0) is 33.1 Å². The molecule has 0 aliphatic carbocycles. The van der Waals surface area contributed by atoms with E-state index in [0.29, 0.717) is 6.10 Å². The molecule has 15 heavy (non-hydrogen) atoms. The topological polar surface area (TPSA) is 29.5 Å². The van der Waals surface area contributed by atoms with Crippen LogP contribution in [0.25, 0.3) is 0 Å². The molecule has 0 aliphatic heterocycles. The highest BCUT2D eigenvalue weighted by atomic mass is 16.5. The minimum Gasteiger partial charge on any atom is -0.393 e. The lowest BCUT2D eigenvalue weighted by Crippen LogP contribution is -2.09. The molecule has 2 atom stereocenters. The fraction of sp³-hybridized carbons (Fsp3) is 1.00. The second-order valence-corrected chi connectivity index (χ2v) is 4.52. The van der Waals surface area contributed by atoms with E-state index >= 15 is 0 Å². The van der Waals surface area contributed by atoms with E-state index < -0.39 is 0 Å². The smallest absolute Gasteiger partial charge is 0.0547 e. The zero-order valence-electron chi connectivity index (χ0n) is 10.7. The Bertz CT molecular complexity index is 124. The molecule has 0 aromatic heterocycles. The van der Waals surface area contributed by atoms with Crippen molar-refractivity contribution in [1.82, 2.24) is 0 Å². The Labute approximate surface area is 95.0 Å². The molecule has 92 valence electrons. The third kappa shape index (κ3) is 11.8. The van der Waals surface area contributed by atoms with Gasteiger partial charge >= 0.3 is 0 Å². The summed E-state index contributed by atoms with van der Waals surface area (Å²) in [5.74, 6) is 0. The summed E-state index contributed by atoms with van der Waals surface area (Å²) in [7, 11) is 0. The Morgan fingerprint density at radius 2 is 1.67 bits per heavy atom. The molecule has 0 heterocycles. The summed E-state index contributed by atoms with van der Waals surface area (Å²) in [4.78, 5) is 0. The van der Waals surface area contributed by atoms with E-state index in [-0.39, 0.29) is 6.10 Å². The van der Waals surface area contributed by atoms with Crippen molar-refractivity contribution in [2.45, 2.75) is 77.9 Å². The van der Waals surface area contributed by atoms with Crippen molar-refractivity contribution < 1.29 is 9.84 Å². The molecule has 0 rings (SSSR count). The van der Waals surface area contributed by atoms with Crippen LogP contribution in [0.5, 0.6) is 0 Å². The van der Waals surface area contributed by atoms with Gasteiger partial charge in [0, 0.05) is 6.61 Å². The average molecular weight is 216 g/mol. The molecule has 0 radical (unpaired) electrons. The van der Waals surface area contributed by atoms with Crippen LogP contribution < -0.4 is 0 Å². The Morgan fingerprint density at radius 1 is 1.00 bits per heavy atom. The largest absolute Gasteiger partial charge is 0.393 e. The first kappa shape index (κ1) is 14.9. The predicted octanol–water partition coefficient (Wildman–Crippen LogP) is 3.52. The van der Waals surface area contributed by atoms with Crippen molar-refractivity contribution >= 4 is 0 Å². The van der Waals surface area contributed by atoms with Crippen LogP contribution in [0.4, 0.5) is 0 Å². The standard InChI is InChI=1S/C13H28O2/c1-4-5-8-11-15-13(3)10-7-6-9-12(2)14/h12-14H,4-11H2,1-3H3. The lowest BCUT2D eigenvalue weighted by molar-refractivity contribution is 0.0551. The molecule has 2 heteroatoms. The zero-order chi connectivity index (χ0) is 11.5. The second-order valence-electron chi connectivity index (χ2n) is 4.52. The number of hydrogen-bond acceptors (Lipinski definition) is 2. The summed E-state index contributed by atoms with van der Waals surface area (Å²) in [6, 6.07) is 0. The van der Waals surface area contributed by atoms with Gasteiger partial charge in [0.1, 0.15) is 0 Å². The fourth-order valence-electron chi connectivity index (χ4n) is 1.59. The van der Waals surface area contributed by atoms with Crippen LogP contribution in [0.1, 0.15) is 65.7 Å². The maximum absolute atomic E-state index is 9.09. The number of aliphatic hydroxyl groups excluding tert-OH is 1. The molecule has 0 spiro atoms. The lowest BCUT2D eigenvalue weighted by Gasteiger charge is -2.13. The molecule has 0 aliphatic rings. The summed E-state index contributed by atoms with van der Waals surface area (Å²) in [6.45, 7) is 7.11. The van der Waals surface area contributed by atoms with Crippen LogP contribution in [0, 0.1) is 0 Å². The maximum Gasteiger partial charge on any atom is 0.0547 e. The van der Waals surface area contributed by atoms with Crippen LogP contribution in [0.3, 0.4) is 0 Å². The number of unbranched alkanes of at least 4 members (excludes halogenated alkanes) is 3. The van der Waals surface area contributed by atoms with Gasteiger partial charge in [-0.15, -0.1) is 0 Å². The highest BCUT2D eigenvalue weighted by Crippen LogP contribution is 2.08. The van der Waals surface area contributed by atoms with Crippen molar-refractivity contribution in [1.29, 1.82) is 0 Å². The number of rotatable bonds is 10. The van der Waals surface area contributed by atoms with Crippen molar-refractivity contribution in [3.05, 3.63) is 0 Å².